The van der Waals surface area contributed by atoms with Crippen molar-refractivity contribution in [3.05, 3.63) is 59.9 Å². The van der Waals surface area contributed by atoms with Crippen molar-refractivity contribution in [2.45, 2.75) is 6.42 Å². The molecule has 4 aromatic rings. The molecule has 0 saturated heterocycles. The molecule has 0 radical (unpaired) electrons. The van der Waals surface area contributed by atoms with Gasteiger partial charge in [-0.25, -0.2) is 0 Å². The van der Waals surface area contributed by atoms with E-state index in [-0.39, 0.29) is 0 Å². The van der Waals surface area contributed by atoms with Crippen LogP contribution >= 0.6 is 11.3 Å². The summed E-state index contributed by atoms with van der Waals surface area (Å²) < 4.78 is 12.7. The summed E-state index contributed by atoms with van der Waals surface area (Å²) in [6.07, 6.45) is 0.681. The lowest BCUT2D eigenvalue weighted by atomic mass is 10.1. The molecule has 0 spiro atoms. The average Bonchev–Trinajstić information content (AvgIpc) is 3.23. The number of benzene rings is 2. The van der Waals surface area contributed by atoms with Gasteiger partial charge in [0.25, 0.3) is 0 Å². The Morgan fingerprint density at radius 1 is 0.960 bits per heavy atom. The number of methoxy groups -OCH3 is 2. The molecule has 0 aliphatic carbocycles. The zero-order valence-corrected chi connectivity index (χ0v) is 14.7. The fraction of sp³-hybridized carbons (Fsp3) is 0.167. The Bertz CT molecular complexity index is 1010. The topological polar surface area (TPSA) is 61.5 Å². The van der Waals surface area contributed by atoms with Crippen molar-refractivity contribution in [3.63, 3.8) is 0 Å². The lowest BCUT2D eigenvalue weighted by molar-refractivity contribution is 0.356. The second-order valence-electron chi connectivity index (χ2n) is 5.42. The van der Waals surface area contributed by atoms with Crippen LogP contribution in [0.25, 0.3) is 15.5 Å². The minimum absolute atomic E-state index is 0.666. The highest BCUT2D eigenvalue weighted by molar-refractivity contribution is 7.19. The summed E-state index contributed by atoms with van der Waals surface area (Å²) in [7, 11) is 3.25. The van der Waals surface area contributed by atoms with E-state index in [0.29, 0.717) is 17.9 Å². The molecular weight excluding hydrogens is 336 g/mol. The van der Waals surface area contributed by atoms with E-state index in [1.54, 1.807) is 18.7 Å². The van der Waals surface area contributed by atoms with Gasteiger partial charge in [0, 0.05) is 6.42 Å². The van der Waals surface area contributed by atoms with Crippen LogP contribution in [0.5, 0.6) is 11.5 Å². The monoisotopic (exact) mass is 352 g/mol. The van der Waals surface area contributed by atoms with Gasteiger partial charge >= 0.3 is 0 Å². The van der Waals surface area contributed by atoms with E-state index in [4.69, 9.17) is 14.6 Å². The Kier molecular flexibility index (Phi) is 4.07. The SMILES string of the molecule is COc1cccc(-c2nn3c(Cc4ccccc4)nnc3s2)c1OC. The van der Waals surface area contributed by atoms with Crippen molar-refractivity contribution in [1.82, 2.24) is 19.8 Å². The van der Waals surface area contributed by atoms with Gasteiger partial charge in [-0.2, -0.15) is 9.61 Å². The maximum Gasteiger partial charge on any atom is 0.234 e. The molecular formula is C18H16N4O2S. The summed E-state index contributed by atoms with van der Waals surface area (Å²) in [6, 6.07) is 15.9. The molecule has 0 aliphatic heterocycles. The van der Waals surface area contributed by atoms with Crippen molar-refractivity contribution in [3.8, 4) is 22.1 Å². The van der Waals surface area contributed by atoms with E-state index in [0.717, 1.165) is 21.4 Å². The Balaban J connectivity index is 1.76. The molecule has 0 N–H and O–H groups in total. The molecule has 2 heterocycles. The van der Waals surface area contributed by atoms with E-state index >= 15 is 0 Å². The number of aromatic nitrogens is 4. The molecule has 0 unspecified atom stereocenters. The predicted octanol–water partition coefficient (Wildman–Crippen LogP) is 3.46. The van der Waals surface area contributed by atoms with Gasteiger partial charge in [0.1, 0.15) is 0 Å². The van der Waals surface area contributed by atoms with Crippen molar-refractivity contribution in [2.24, 2.45) is 0 Å². The van der Waals surface area contributed by atoms with E-state index in [1.807, 2.05) is 36.4 Å². The first kappa shape index (κ1) is 15.6. The lowest BCUT2D eigenvalue weighted by Crippen LogP contribution is -1.98. The van der Waals surface area contributed by atoms with Crippen LogP contribution < -0.4 is 9.47 Å². The van der Waals surface area contributed by atoms with Gasteiger partial charge in [0.15, 0.2) is 22.3 Å². The van der Waals surface area contributed by atoms with Gasteiger partial charge < -0.3 is 9.47 Å². The molecule has 0 amide bonds. The molecule has 2 aromatic heterocycles. The largest absolute Gasteiger partial charge is 0.493 e. The third kappa shape index (κ3) is 2.83. The van der Waals surface area contributed by atoms with Crippen LogP contribution in [0.1, 0.15) is 11.4 Å². The Labute approximate surface area is 148 Å². The third-order valence-corrected chi connectivity index (χ3v) is 4.83. The first-order valence-corrected chi connectivity index (χ1v) is 8.58. The molecule has 0 aliphatic rings. The van der Waals surface area contributed by atoms with Crippen LogP contribution in [0.15, 0.2) is 48.5 Å². The quantitative estimate of drug-likeness (QED) is 0.550. The molecule has 0 fully saturated rings. The molecule has 0 bridgehead atoms. The van der Waals surface area contributed by atoms with Crippen LogP contribution in [0.4, 0.5) is 0 Å². The van der Waals surface area contributed by atoms with Gasteiger partial charge in [0.05, 0.1) is 19.8 Å². The van der Waals surface area contributed by atoms with Crippen LogP contribution in [-0.2, 0) is 6.42 Å². The third-order valence-electron chi connectivity index (χ3n) is 3.89. The molecule has 2 aromatic carbocycles. The number of nitrogens with zero attached hydrogens (tertiary/aromatic N) is 4. The minimum Gasteiger partial charge on any atom is -0.493 e. The molecule has 0 saturated carbocycles. The first-order valence-electron chi connectivity index (χ1n) is 7.76. The predicted molar refractivity (Wildman–Crippen MR) is 96.4 cm³/mol. The van der Waals surface area contributed by atoms with Crippen molar-refractivity contribution >= 4 is 16.3 Å². The van der Waals surface area contributed by atoms with Crippen LogP contribution in [-0.4, -0.2) is 34.0 Å². The summed E-state index contributed by atoms with van der Waals surface area (Å²) >= 11 is 1.47. The average molecular weight is 352 g/mol. The number of rotatable bonds is 5. The highest BCUT2D eigenvalue weighted by Crippen LogP contribution is 2.39. The van der Waals surface area contributed by atoms with Gasteiger partial charge in [0.2, 0.25) is 4.96 Å². The number of fused-ring (bicyclic) bond motifs is 1. The zero-order valence-electron chi connectivity index (χ0n) is 13.8. The van der Waals surface area contributed by atoms with Crippen molar-refractivity contribution in [1.29, 1.82) is 0 Å². The highest BCUT2D eigenvalue weighted by atomic mass is 32.1. The van der Waals surface area contributed by atoms with Crippen molar-refractivity contribution in [2.75, 3.05) is 14.2 Å². The van der Waals surface area contributed by atoms with E-state index < -0.39 is 0 Å². The smallest absolute Gasteiger partial charge is 0.234 e. The maximum absolute atomic E-state index is 5.52. The molecule has 25 heavy (non-hydrogen) atoms. The number of para-hydroxylation sites is 1. The van der Waals surface area contributed by atoms with Gasteiger partial charge in [-0.15, -0.1) is 10.2 Å². The number of ether oxygens (including phenoxy) is 2. The lowest BCUT2D eigenvalue weighted by Gasteiger charge is -2.10. The molecule has 6 nitrogen and oxygen atoms in total. The molecule has 126 valence electrons. The van der Waals surface area contributed by atoms with Crippen LogP contribution in [0.2, 0.25) is 0 Å². The second kappa shape index (κ2) is 6.52. The fourth-order valence-corrected chi connectivity index (χ4v) is 3.59. The zero-order chi connectivity index (χ0) is 17.2. The highest BCUT2D eigenvalue weighted by Gasteiger charge is 2.18. The fourth-order valence-electron chi connectivity index (χ4n) is 2.71. The van der Waals surface area contributed by atoms with E-state index in [1.165, 1.54) is 16.9 Å². The Morgan fingerprint density at radius 2 is 1.80 bits per heavy atom. The van der Waals surface area contributed by atoms with Crippen LogP contribution in [0.3, 0.4) is 0 Å². The summed E-state index contributed by atoms with van der Waals surface area (Å²) in [6.45, 7) is 0. The second-order valence-corrected chi connectivity index (χ2v) is 6.38. The summed E-state index contributed by atoms with van der Waals surface area (Å²) in [5.41, 5.74) is 2.05. The Hall–Kier alpha value is -2.93. The van der Waals surface area contributed by atoms with Gasteiger partial charge in [-0.3, -0.25) is 0 Å². The maximum atomic E-state index is 5.52. The number of hydrogen-bond acceptors (Lipinski definition) is 6. The molecule has 7 heteroatoms. The summed E-state index contributed by atoms with van der Waals surface area (Å²) in [5, 5.41) is 14.0. The van der Waals surface area contributed by atoms with E-state index in [9.17, 15) is 0 Å². The molecule has 0 atom stereocenters. The normalized spacial score (nSPS) is 11.0. The van der Waals surface area contributed by atoms with Gasteiger partial charge in [-0.1, -0.05) is 47.7 Å². The van der Waals surface area contributed by atoms with Crippen LogP contribution in [0, 0.1) is 0 Å². The van der Waals surface area contributed by atoms with Crippen molar-refractivity contribution < 1.29 is 9.47 Å². The van der Waals surface area contributed by atoms with Gasteiger partial charge in [-0.05, 0) is 17.7 Å². The molecule has 4 rings (SSSR count). The van der Waals surface area contributed by atoms with E-state index in [2.05, 4.69) is 22.3 Å². The minimum atomic E-state index is 0.666. The first-order chi connectivity index (χ1) is 12.3. The summed E-state index contributed by atoms with van der Waals surface area (Å²) in [5.74, 6) is 2.15. The standard InChI is InChI=1S/C18H16N4O2S/c1-23-14-10-6-9-13(16(14)24-2)17-21-22-15(19-20-18(22)25-17)11-12-7-4-3-5-8-12/h3-10H,11H2,1-2H3. The number of hydrogen-bond donors (Lipinski definition) is 0. The Morgan fingerprint density at radius 3 is 2.56 bits per heavy atom. The summed E-state index contributed by atoms with van der Waals surface area (Å²) in [4.78, 5) is 0.755.